The van der Waals surface area contributed by atoms with Gasteiger partial charge in [0.25, 0.3) is 0 Å². The molecule has 0 radical (unpaired) electrons. The van der Waals surface area contributed by atoms with Crippen LogP contribution in [-0.2, 0) is 4.79 Å². The van der Waals surface area contributed by atoms with Crippen LogP contribution >= 0.6 is 0 Å². The molecule has 1 rings (SSSR count). The van der Waals surface area contributed by atoms with E-state index < -0.39 is 5.97 Å². The molecule has 82 valence electrons. The van der Waals surface area contributed by atoms with Crippen molar-refractivity contribution in [1.82, 2.24) is 0 Å². The average molecular weight is 199 g/mol. The van der Waals surface area contributed by atoms with Gasteiger partial charge in [0, 0.05) is 6.42 Å². The highest BCUT2D eigenvalue weighted by atomic mass is 16.4. The first-order valence-corrected chi connectivity index (χ1v) is 5.66. The van der Waals surface area contributed by atoms with Gasteiger partial charge in [0.2, 0.25) is 0 Å². The first-order valence-electron chi connectivity index (χ1n) is 5.66. The number of nitrogens with two attached hydrogens (primary N) is 1. The molecule has 0 aromatic heterocycles. The van der Waals surface area contributed by atoms with Gasteiger partial charge in [-0.1, -0.05) is 19.3 Å². The fourth-order valence-corrected chi connectivity index (χ4v) is 2.60. The van der Waals surface area contributed by atoms with Crippen LogP contribution in [0, 0.1) is 11.8 Å². The van der Waals surface area contributed by atoms with E-state index in [0.717, 1.165) is 37.6 Å². The van der Waals surface area contributed by atoms with Gasteiger partial charge in [-0.3, -0.25) is 4.79 Å². The summed E-state index contributed by atoms with van der Waals surface area (Å²) < 4.78 is 0. The molecular weight excluding hydrogens is 178 g/mol. The Bertz CT molecular complexity index is 182. The molecule has 1 aliphatic rings. The van der Waals surface area contributed by atoms with Gasteiger partial charge < -0.3 is 10.8 Å². The van der Waals surface area contributed by atoms with E-state index in [2.05, 4.69) is 0 Å². The molecule has 0 aromatic carbocycles. The maximum atomic E-state index is 10.4. The van der Waals surface area contributed by atoms with Crippen molar-refractivity contribution in [2.24, 2.45) is 17.6 Å². The van der Waals surface area contributed by atoms with E-state index in [1.54, 1.807) is 0 Å². The highest BCUT2D eigenvalue weighted by molar-refractivity contribution is 5.66. The van der Waals surface area contributed by atoms with Crippen LogP contribution in [0.25, 0.3) is 0 Å². The SMILES string of the molecule is NCC[C@@H]1CCC[C@@H]1CCCC(=O)O. The first-order chi connectivity index (χ1) is 6.74. The second-order valence-electron chi connectivity index (χ2n) is 4.31. The second kappa shape index (κ2) is 6.02. The molecule has 2 atom stereocenters. The quantitative estimate of drug-likeness (QED) is 0.687. The molecule has 3 nitrogen and oxygen atoms in total. The lowest BCUT2D eigenvalue weighted by Gasteiger charge is -2.18. The summed E-state index contributed by atoms with van der Waals surface area (Å²) in [5.41, 5.74) is 5.55. The summed E-state index contributed by atoms with van der Waals surface area (Å²) in [7, 11) is 0. The van der Waals surface area contributed by atoms with Gasteiger partial charge in [0.05, 0.1) is 0 Å². The van der Waals surface area contributed by atoms with Crippen molar-refractivity contribution >= 4 is 5.97 Å². The average Bonchev–Trinajstić information content (AvgIpc) is 2.53. The molecule has 0 aliphatic heterocycles. The topological polar surface area (TPSA) is 63.3 Å². The third kappa shape index (κ3) is 3.66. The Morgan fingerprint density at radius 2 is 1.93 bits per heavy atom. The highest BCUT2D eigenvalue weighted by Crippen LogP contribution is 2.36. The van der Waals surface area contributed by atoms with Gasteiger partial charge in [-0.25, -0.2) is 0 Å². The Kier molecular flexibility index (Phi) is 4.94. The van der Waals surface area contributed by atoms with Crippen molar-refractivity contribution in [3.63, 3.8) is 0 Å². The minimum absolute atomic E-state index is 0.325. The van der Waals surface area contributed by atoms with Gasteiger partial charge in [-0.2, -0.15) is 0 Å². The third-order valence-corrected chi connectivity index (χ3v) is 3.32. The van der Waals surface area contributed by atoms with Crippen molar-refractivity contribution in [3.05, 3.63) is 0 Å². The van der Waals surface area contributed by atoms with Gasteiger partial charge in [0.1, 0.15) is 0 Å². The zero-order valence-corrected chi connectivity index (χ0v) is 8.74. The van der Waals surface area contributed by atoms with Crippen LogP contribution in [0.2, 0.25) is 0 Å². The van der Waals surface area contributed by atoms with Gasteiger partial charge >= 0.3 is 5.97 Å². The lowest BCUT2D eigenvalue weighted by molar-refractivity contribution is -0.137. The summed E-state index contributed by atoms with van der Waals surface area (Å²) in [5, 5.41) is 8.54. The van der Waals surface area contributed by atoms with E-state index in [1.165, 1.54) is 19.3 Å². The number of carboxylic acid groups (broad SMARTS) is 1. The Morgan fingerprint density at radius 3 is 2.50 bits per heavy atom. The number of carbonyl (C=O) groups is 1. The summed E-state index contributed by atoms with van der Waals surface area (Å²) in [6.45, 7) is 0.778. The van der Waals surface area contributed by atoms with Gasteiger partial charge in [0.15, 0.2) is 0 Å². The highest BCUT2D eigenvalue weighted by Gasteiger charge is 2.25. The standard InChI is InChI=1S/C11H21NO2/c12-8-7-10-4-1-3-9(10)5-2-6-11(13)14/h9-10H,1-8,12H2,(H,13,14)/t9-,10+/m1/s1. The maximum Gasteiger partial charge on any atom is 0.303 e. The lowest BCUT2D eigenvalue weighted by atomic mass is 9.89. The molecule has 3 heteroatoms. The molecular formula is C11H21NO2. The van der Waals surface area contributed by atoms with Crippen molar-refractivity contribution in [2.45, 2.75) is 44.9 Å². The Hall–Kier alpha value is -0.570. The molecule has 3 N–H and O–H groups in total. The van der Waals surface area contributed by atoms with E-state index in [0.29, 0.717) is 6.42 Å². The fourth-order valence-electron chi connectivity index (χ4n) is 2.60. The Balaban J connectivity index is 2.18. The minimum Gasteiger partial charge on any atom is -0.481 e. The molecule has 1 saturated carbocycles. The van der Waals surface area contributed by atoms with E-state index in [4.69, 9.17) is 10.8 Å². The molecule has 0 unspecified atom stereocenters. The van der Waals surface area contributed by atoms with Crippen LogP contribution in [0.15, 0.2) is 0 Å². The molecule has 0 saturated heterocycles. The van der Waals surface area contributed by atoms with Crippen LogP contribution in [0.5, 0.6) is 0 Å². The zero-order valence-electron chi connectivity index (χ0n) is 8.74. The van der Waals surface area contributed by atoms with E-state index in [9.17, 15) is 4.79 Å². The summed E-state index contributed by atoms with van der Waals surface area (Å²) in [4.78, 5) is 10.4. The van der Waals surface area contributed by atoms with Gasteiger partial charge in [-0.05, 0) is 37.6 Å². The number of hydrogen-bond acceptors (Lipinski definition) is 2. The molecule has 14 heavy (non-hydrogen) atoms. The smallest absolute Gasteiger partial charge is 0.303 e. The van der Waals surface area contributed by atoms with Crippen LogP contribution in [0.3, 0.4) is 0 Å². The van der Waals surface area contributed by atoms with Gasteiger partial charge in [-0.15, -0.1) is 0 Å². The van der Waals surface area contributed by atoms with E-state index in [1.807, 2.05) is 0 Å². The predicted molar refractivity (Wildman–Crippen MR) is 56.0 cm³/mol. The van der Waals surface area contributed by atoms with Crippen LogP contribution in [0.1, 0.15) is 44.9 Å². The number of rotatable bonds is 6. The normalized spacial score (nSPS) is 26.6. The summed E-state index contributed by atoms with van der Waals surface area (Å²) >= 11 is 0. The van der Waals surface area contributed by atoms with Crippen molar-refractivity contribution in [2.75, 3.05) is 6.54 Å². The minimum atomic E-state index is -0.668. The van der Waals surface area contributed by atoms with Crippen molar-refractivity contribution < 1.29 is 9.90 Å². The van der Waals surface area contributed by atoms with Crippen molar-refractivity contribution in [1.29, 1.82) is 0 Å². The first kappa shape index (κ1) is 11.5. The summed E-state index contributed by atoms with van der Waals surface area (Å²) in [5.74, 6) is 0.852. The molecule has 1 fully saturated rings. The fraction of sp³-hybridized carbons (Fsp3) is 0.909. The van der Waals surface area contributed by atoms with Crippen LogP contribution in [0.4, 0.5) is 0 Å². The van der Waals surface area contributed by atoms with Crippen LogP contribution < -0.4 is 5.73 Å². The monoisotopic (exact) mass is 199 g/mol. The number of aliphatic carboxylic acids is 1. The number of carboxylic acids is 1. The Morgan fingerprint density at radius 1 is 1.29 bits per heavy atom. The zero-order chi connectivity index (χ0) is 10.4. The summed E-state index contributed by atoms with van der Waals surface area (Å²) in [6, 6.07) is 0. The maximum absolute atomic E-state index is 10.4. The molecule has 0 amide bonds. The second-order valence-corrected chi connectivity index (χ2v) is 4.31. The largest absolute Gasteiger partial charge is 0.481 e. The van der Waals surface area contributed by atoms with E-state index in [-0.39, 0.29) is 0 Å². The third-order valence-electron chi connectivity index (χ3n) is 3.32. The summed E-state index contributed by atoms with van der Waals surface area (Å²) in [6.07, 6.45) is 7.25. The molecule has 0 bridgehead atoms. The molecule has 0 heterocycles. The van der Waals surface area contributed by atoms with Crippen LogP contribution in [-0.4, -0.2) is 17.6 Å². The molecule has 1 aliphatic carbocycles. The molecule has 0 spiro atoms. The lowest BCUT2D eigenvalue weighted by Crippen LogP contribution is -2.13. The Labute approximate surface area is 85.7 Å². The number of hydrogen-bond donors (Lipinski definition) is 2. The van der Waals surface area contributed by atoms with Crippen molar-refractivity contribution in [3.8, 4) is 0 Å². The predicted octanol–water partition coefficient (Wildman–Crippen LogP) is 2.01. The van der Waals surface area contributed by atoms with E-state index >= 15 is 0 Å². The molecule has 0 aromatic rings.